The number of hydrogen-bond donors (Lipinski definition) is 0. The predicted molar refractivity (Wildman–Crippen MR) is 328 cm³/mol. The third-order valence-corrected chi connectivity index (χ3v) is 15.0. The van der Waals surface area contributed by atoms with E-state index in [9.17, 15) is 19.0 Å². The Bertz CT molecular complexity index is 1530. The summed E-state index contributed by atoms with van der Waals surface area (Å²) in [5, 5.41) is 0. The maximum atomic E-state index is 12.8. The molecule has 0 aliphatic heterocycles. The number of rotatable bonds is 59. The van der Waals surface area contributed by atoms with Crippen LogP contribution in [0.4, 0.5) is 0 Å². The van der Waals surface area contributed by atoms with Gasteiger partial charge in [0.2, 0.25) is 0 Å². The van der Waals surface area contributed by atoms with Crippen LogP contribution < -0.4 is 4.89 Å². The number of nitrogens with zero attached hydrogens (tertiary/aromatic N) is 1. The Morgan fingerprint density at radius 3 is 1.10 bits per heavy atom. The molecule has 0 N–H and O–H groups in total. The summed E-state index contributed by atoms with van der Waals surface area (Å²) in [6, 6.07) is 0. The molecule has 0 amide bonds. The molecular formula is C67H122NO8P. The van der Waals surface area contributed by atoms with Gasteiger partial charge in [-0.3, -0.25) is 14.2 Å². The molecule has 0 saturated heterocycles. The molecule has 0 bridgehead atoms. The number of ether oxygens (including phenoxy) is 2. The van der Waals surface area contributed by atoms with Gasteiger partial charge in [0.05, 0.1) is 27.7 Å². The van der Waals surface area contributed by atoms with Crippen LogP contribution in [-0.2, 0) is 32.7 Å². The first-order valence-electron chi connectivity index (χ1n) is 32.1. The molecule has 0 heterocycles. The minimum atomic E-state index is -4.64. The Balaban J connectivity index is 4.12. The Hall–Kier alpha value is -2.55. The fourth-order valence-corrected chi connectivity index (χ4v) is 9.80. The van der Waals surface area contributed by atoms with E-state index in [2.05, 4.69) is 86.8 Å². The number of allylic oxidation sites excluding steroid dienone is 12. The highest BCUT2D eigenvalue weighted by molar-refractivity contribution is 7.45. The molecule has 0 spiro atoms. The molecule has 0 radical (unpaired) electrons. The van der Waals surface area contributed by atoms with Crippen LogP contribution in [-0.4, -0.2) is 70.0 Å². The van der Waals surface area contributed by atoms with Crippen LogP contribution in [0.2, 0.25) is 0 Å². The van der Waals surface area contributed by atoms with Crippen LogP contribution in [0.15, 0.2) is 72.9 Å². The van der Waals surface area contributed by atoms with Crippen LogP contribution in [0, 0.1) is 0 Å². The Kier molecular flexibility index (Phi) is 56.2. The van der Waals surface area contributed by atoms with Gasteiger partial charge in [-0.1, -0.05) is 286 Å². The summed E-state index contributed by atoms with van der Waals surface area (Å²) in [5.74, 6) is -0.834. The monoisotopic (exact) mass is 1100 g/mol. The number of carbonyl (C=O) groups excluding carboxylic acids is 2. The van der Waals surface area contributed by atoms with Gasteiger partial charge in [-0.15, -0.1) is 0 Å². The largest absolute Gasteiger partial charge is 0.756 e. The predicted octanol–water partition coefficient (Wildman–Crippen LogP) is 19.8. The van der Waals surface area contributed by atoms with E-state index in [4.69, 9.17) is 18.5 Å². The van der Waals surface area contributed by atoms with Gasteiger partial charge in [-0.25, -0.2) is 0 Å². The van der Waals surface area contributed by atoms with Gasteiger partial charge in [0.15, 0.2) is 6.10 Å². The fraction of sp³-hybridized carbons (Fsp3) is 0.791. The molecule has 0 aromatic carbocycles. The second kappa shape index (κ2) is 58.1. The standard InChI is InChI=1S/C67H122NO8P/c1-6-8-10-12-14-16-18-20-22-24-26-28-30-32-34-36-38-40-42-44-46-48-50-52-54-56-58-60-67(70)76-65(64-75-77(71,72)74-62-61-68(3,4)5)63-73-66(69)59-57-55-53-51-49-47-45-43-41-39-37-35-33-31-29-27-25-23-21-19-17-15-13-11-9-7-2/h8,10,14,16,20,22,26,28,32,34,38,40,65H,6-7,9,11-13,15,17-19,21,23-25,27,29-31,33,35-37,39,41-64H2,1-5H3/b10-8-,16-14-,22-20-,28-26-,34-32-,40-38-. The van der Waals surface area contributed by atoms with Crippen LogP contribution in [0.25, 0.3) is 0 Å². The second-order valence-corrected chi connectivity index (χ2v) is 24.2. The molecule has 9 nitrogen and oxygen atoms in total. The molecule has 0 aliphatic rings. The third kappa shape index (κ3) is 62.5. The average Bonchev–Trinajstić information content (AvgIpc) is 3.39. The summed E-state index contributed by atoms with van der Waals surface area (Å²) in [7, 11) is 1.16. The minimum absolute atomic E-state index is 0.0341. The molecular weight excluding hydrogens is 978 g/mol. The van der Waals surface area contributed by atoms with Crippen LogP contribution in [0.3, 0.4) is 0 Å². The van der Waals surface area contributed by atoms with Crippen molar-refractivity contribution >= 4 is 19.8 Å². The molecule has 0 aromatic rings. The molecule has 448 valence electrons. The number of phosphoric acid groups is 1. The van der Waals surface area contributed by atoms with Crippen LogP contribution >= 0.6 is 7.82 Å². The summed E-state index contributed by atoms with van der Waals surface area (Å²) in [6.07, 6.45) is 76.8. The normalized spacial score (nSPS) is 13.7. The van der Waals surface area contributed by atoms with Gasteiger partial charge in [0.25, 0.3) is 7.82 Å². The zero-order valence-corrected chi connectivity index (χ0v) is 51.8. The minimum Gasteiger partial charge on any atom is -0.756 e. The summed E-state index contributed by atoms with van der Waals surface area (Å²) in [4.78, 5) is 38.0. The first-order valence-corrected chi connectivity index (χ1v) is 33.6. The first-order chi connectivity index (χ1) is 37.5. The van der Waals surface area contributed by atoms with Crippen molar-refractivity contribution in [1.29, 1.82) is 0 Å². The number of carbonyl (C=O) groups is 2. The number of likely N-dealkylation sites (N-methyl/N-ethyl adjacent to an activating group) is 1. The summed E-state index contributed by atoms with van der Waals surface area (Å²) < 4.78 is 34.2. The maximum absolute atomic E-state index is 12.8. The van der Waals surface area contributed by atoms with Crippen molar-refractivity contribution in [2.45, 2.75) is 296 Å². The lowest BCUT2D eigenvalue weighted by Crippen LogP contribution is -2.37. The van der Waals surface area contributed by atoms with Crippen molar-refractivity contribution in [3.05, 3.63) is 72.9 Å². The van der Waals surface area contributed by atoms with Gasteiger partial charge < -0.3 is 27.9 Å². The Morgan fingerprint density at radius 1 is 0.416 bits per heavy atom. The number of unbranched alkanes of at least 4 members (excludes halogenated alkanes) is 33. The third-order valence-electron chi connectivity index (χ3n) is 14.0. The molecule has 2 atom stereocenters. The summed E-state index contributed by atoms with van der Waals surface area (Å²) in [5.41, 5.74) is 0. The number of esters is 2. The highest BCUT2D eigenvalue weighted by Gasteiger charge is 2.22. The van der Waals surface area contributed by atoms with Gasteiger partial charge in [-0.2, -0.15) is 0 Å². The molecule has 0 fully saturated rings. The topological polar surface area (TPSA) is 111 Å². The quantitative estimate of drug-likeness (QED) is 0.0195. The lowest BCUT2D eigenvalue weighted by Gasteiger charge is -2.28. The molecule has 10 heteroatoms. The Morgan fingerprint density at radius 2 is 0.740 bits per heavy atom. The van der Waals surface area contributed by atoms with Gasteiger partial charge >= 0.3 is 11.9 Å². The lowest BCUT2D eigenvalue weighted by atomic mass is 10.0. The zero-order valence-electron chi connectivity index (χ0n) is 50.9. The van der Waals surface area contributed by atoms with E-state index in [1.54, 1.807) is 0 Å². The SMILES string of the molecule is CC/C=C\C/C=C\C/C=C\C/C=C\C/C=C\C/C=C\CCCCCCCCCCC(=O)OC(COC(=O)CCCCCCCCCCCCCCCCCCCCCCCCCCCC)COP(=O)([O-])OCC[N+](C)(C)C. The smallest absolute Gasteiger partial charge is 0.306 e. The molecule has 0 aliphatic carbocycles. The number of quaternary nitrogens is 1. The highest BCUT2D eigenvalue weighted by Crippen LogP contribution is 2.38. The van der Waals surface area contributed by atoms with E-state index in [1.807, 2.05) is 21.1 Å². The molecule has 2 unspecified atom stereocenters. The highest BCUT2D eigenvalue weighted by atomic mass is 31.2. The van der Waals surface area contributed by atoms with E-state index in [0.717, 1.165) is 83.5 Å². The van der Waals surface area contributed by atoms with Gasteiger partial charge in [-0.05, 0) is 64.2 Å². The summed E-state index contributed by atoms with van der Waals surface area (Å²) >= 11 is 0. The molecule has 0 saturated carbocycles. The van der Waals surface area contributed by atoms with Crippen molar-refractivity contribution in [2.24, 2.45) is 0 Å². The van der Waals surface area contributed by atoms with Crippen molar-refractivity contribution in [2.75, 3.05) is 47.5 Å². The van der Waals surface area contributed by atoms with Crippen molar-refractivity contribution in [3.63, 3.8) is 0 Å². The van der Waals surface area contributed by atoms with Crippen molar-refractivity contribution in [1.82, 2.24) is 0 Å². The van der Waals surface area contributed by atoms with Crippen molar-refractivity contribution < 1.29 is 42.1 Å². The molecule has 77 heavy (non-hydrogen) atoms. The molecule has 0 rings (SSSR count). The summed E-state index contributed by atoms with van der Waals surface area (Å²) in [6.45, 7) is 4.15. The zero-order chi connectivity index (χ0) is 56.3. The van der Waals surface area contributed by atoms with E-state index in [1.165, 1.54) is 173 Å². The van der Waals surface area contributed by atoms with E-state index in [-0.39, 0.29) is 32.0 Å². The van der Waals surface area contributed by atoms with E-state index in [0.29, 0.717) is 17.4 Å². The van der Waals surface area contributed by atoms with E-state index < -0.39 is 26.5 Å². The van der Waals surface area contributed by atoms with E-state index >= 15 is 0 Å². The number of hydrogen-bond acceptors (Lipinski definition) is 8. The van der Waals surface area contributed by atoms with Crippen LogP contribution in [0.5, 0.6) is 0 Å². The van der Waals surface area contributed by atoms with Gasteiger partial charge in [0, 0.05) is 12.8 Å². The number of phosphoric ester groups is 1. The van der Waals surface area contributed by atoms with Crippen LogP contribution in [0.1, 0.15) is 290 Å². The second-order valence-electron chi connectivity index (χ2n) is 22.8. The maximum Gasteiger partial charge on any atom is 0.306 e. The lowest BCUT2D eigenvalue weighted by molar-refractivity contribution is -0.870. The van der Waals surface area contributed by atoms with Gasteiger partial charge in [0.1, 0.15) is 19.8 Å². The fourth-order valence-electron chi connectivity index (χ4n) is 9.07. The molecule has 0 aromatic heterocycles. The average molecular weight is 1100 g/mol. The van der Waals surface area contributed by atoms with Crippen molar-refractivity contribution in [3.8, 4) is 0 Å². The first kappa shape index (κ1) is 74.5. The Labute approximate surface area is 476 Å².